The fourth-order valence-corrected chi connectivity index (χ4v) is 2.77. The number of amides is 1. The van der Waals surface area contributed by atoms with Crippen LogP contribution >= 0.6 is 0 Å². The van der Waals surface area contributed by atoms with Crippen molar-refractivity contribution in [3.63, 3.8) is 0 Å². The lowest BCUT2D eigenvalue weighted by atomic mass is 10.1. The molecule has 0 radical (unpaired) electrons. The minimum atomic E-state index is -0.0832. The summed E-state index contributed by atoms with van der Waals surface area (Å²) < 4.78 is 0. The quantitative estimate of drug-likeness (QED) is 0.914. The highest BCUT2D eigenvalue weighted by atomic mass is 16.3. The number of benzene rings is 1. The van der Waals surface area contributed by atoms with Crippen LogP contribution in [0.5, 0.6) is 5.75 Å². The maximum absolute atomic E-state index is 12.5. The summed E-state index contributed by atoms with van der Waals surface area (Å²) >= 11 is 0. The maximum Gasteiger partial charge on any atom is 0.254 e. The van der Waals surface area contributed by atoms with Crippen molar-refractivity contribution in [3.05, 3.63) is 53.2 Å². The first-order valence-electron chi connectivity index (χ1n) is 7.79. The van der Waals surface area contributed by atoms with Gasteiger partial charge in [-0.05, 0) is 36.8 Å². The van der Waals surface area contributed by atoms with Crippen LogP contribution in [-0.4, -0.2) is 47.1 Å². The van der Waals surface area contributed by atoms with Crippen molar-refractivity contribution in [1.29, 1.82) is 5.26 Å². The monoisotopic (exact) mass is 322 g/mol. The fraction of sp³-hybridized carbons (Fsp3) is 0.278. The molecular weight excluding hydrogens is 304 g/mol. The van der Waals surface area contributed by atoms with Gasteiger partial charge in [0.15, 0.2) is 0 Å². The van der Waals surface area contributed by atoms with Crippen LogP contribution in [0.2, 0.25) is 0 Å². The number of nitrogens with zero attached hydrogens (tertiary/aromatic N) is 4. The predicted molar refractivity (Wildman–Crippen MR) is 89.9 cm³/mol. The van der Waals surface area contributed by atoms with Gasteiger partial charge in [0.1, 0.15) is 23.3 Å². The molecule has 1 N–H and O–H groups in total. The number of phenols is 1. The van der Waals surface area contributed by atoms with Crippen molar-refractivity contribution in [3.8, 4) is 11.8 Å². The number of aryl methyl sites for hydroxylation is 1. The molecular formula is C18H18N4O2. The van der Waals surface area contributed by atoms with Crippen LogP contribution in [0.25, 0.3) is 0 Å². The molecule has 0 bridgehead atoms. The molecule has 0 saturated carbocycles. The molecule has 2 aromatic rings. The smallest absolute Gasteiger partial charge is 0.254 e. The Kier molecular flexibility index (Phi) is 4.34. The average molecular weight is 322 g/mol. The van der Waals surface area contributed by atoms with Crippen molar-refractivity contribution < 1.29 is 9.90 Å². The van der Waals surface area contributed by atoms with Crippen LogP contribution in [-0.2, 0) is 0 Å². The van der Waals surface area contributed by atoms with Gasteiger partial charge in [0, 0.05) is 31.7 Å². The Morgan fingerprint density at radius 1 is 1.21 bits per heavy atom. The van der Waals surface area contributed by atoms with Gasteiger partial charge >= 0.3 is 0 Å². The van der Waals surface area contributed by atoms with E-state index < -0.39 is 0 Å². The molecule has 1 fully saturated rings. The van der Waals surface area contributed by atoms with E-state index in [1.54, 1.807) is 23.1 Å². The molecule has 0 atom stereocenters. The minimum absolute atomic E-state index is 0.0832. The number of nitriles is 1. The zero-order valence-electron chi connectivity index (χ0n) is 13.4. The van der Waals surface area contributed by atoms with Crippen molar-refractivity contribution >= 4 is 11.7 Å². The summed E-state index contributed by atoms with van der Waals surface area (Å²) in [5.41, 5.74) is 1.79. The highest BCUT2D eigenvalue weighted by molar-refractivity contribution is 5.94. The van der Waals surface area contributed by atoms with E-state index in [-0.39, 0.29) is 11.7 Å². The molecule has 24 heavy (non-hydrogen) atoms. The number of rotatable bonds is 2. The number of hydrogen-bond donors (Lipinski definition) is 1. The molecule has 6 nitrogen and oxygen atoms in total. The number of anilines is 1. The molecule has 6 heteroatoms. The molecule has 1 aliphatic heterocycles. The summed E-state index contributed by atoms with van der Waals surface area (Å²) in [6, 6.07) is 12.3. The summed E-state index contributed by atoms with van der Waals surface area (Å²) in [4.78, 5) is 20.7. The summed E-state index contributed by atoms with van der Waals surface area (Å²) in [5.74, 6) is 0.772. The Labute approximate surface area is 140 Å². The number of hydrogen-bond acceptors (Lipinski definition) is 5. The summed E-state index contributed by atoms with van der Waals surface area (Å²) in [7, 11) is 0. The van der Waals surface area contributed by atoms with E-state index in [2.05, 4.69) is 16.0 Å². The van der Waals surface area contributed by atoms with Gasteiger partial charge in [-0.3, -0.25) is 4.79 Å². The second kappa shape index (κ2) is 6.59. The van der Waals surface area contributed by atoms with Crippen LogP contribution in [0.15, 0.2) is 36.4 Å². The topological polar surface area (TPSA) is 80.5 Å². The van der Waals surface area contributed by atoms with E-state index in [4.69, 9.17) is 5.26 Å². The first-order chi connectivity index (χ1) is 11.6. The lowest BCUT2D eigenvalue weighted by molar-refractivity contribution is 0.0746. The number of carbonyl (C=O) groups is 1. The van der Waals surface area contributed by atoms with Gasteiger partial charge in [-0.15, -0.1) is 0 Å². The number of aromatic hydroxyl groups is 1. The van der Waals surface area contributed by atoms with E-state index in [0.717, 1.165) is 11.4 Å². The number of aromatic nitrogens is 1. The summed E-state index contributed by atoms with van der Waals surface area (Å²) in [5, 5.41) is 18.6. The molecule has 1 aliphatic rings. The highest BCUT2D eigenvalue weighted by Gasteiger charge is 2.23. The average Bonchev–Trinajstić information content (AvgIpc) is 2.62. The maximum atomic E-state index is 12.5. The van der Waals surface area contributed by atoms with Gasteiger partial charge in [0.05, 0.1) is 0 Å². The normalized spacial score (nSPS) is 14.3. The SMILES string of the molecule is Cc1ccc(N2CCN(C(=O)c3cccc(O)c3)CC2)nc1C#N. The van der Waals surface area contributed by atoms with Crippen molar-refractivity contribution in [2.75, 3.05) is 31.1 Å². The zero-order chi connectivity index (χ0) is 17.1. The van der Waals surface area contributed by atoms with Gasteiger partial charge in [-0.1, -0.05) is 12.1 Å². The Morgan fingerprint density at radius 2 is 1.96 bits per heavy atom. The largest absolute Gasteiger partial charge is 0.508 e. The zero-order valence-corrected chi connectivity index (χ0v) is 13.4. The van der Waals surface area contributed by atoms with Gasteiger partial charge in [-0.25, -0.2) is 4.98 Å². The summed E-state index contributed by atoms with van der Waals surface area (Å²) in [6.45, 7) is 4.33. The minimum Gasteiger partial charge on any atom is -0.508 e. The number of pyridine rings is 1. The van der Waals surface area contributed by atoms with E-state index in [1.165, 1.54) is 6.07 Å². The summed E-state index contributed by atoms with van der Waals surface area (Å²) in [6.07, 6.45) is 0. The number of carbonyl (C=O) groups excluding carboxylic acids is 1. The van der Waals surface area contributed by atoms with Crippen LogP contribution in [0.4, 0.5) is 5.82 Å². The van der Waals surface area contributed by atoms with Gasteiger partial charge in [0.2, 0.25) is 0 Å². The molecule has 2 heterocycles. The second-order valence-corrected chi connectivity index (χ2v) is 5.78. The van der Waals surface area contributed by atoms with Crippen molar-refractivity contribution in [2.24, 2.45) is 0 Å². The molecule has 3 rings (SSSR count). The van der Waals surface area contributed by atoms with Crippen LogP contribution in [0, 0.1) is 18.3 Å². The van der Waals surface area contributed by atoms with Crippen LogP contribution in [0.3, 0.4) is 0 Å². The molecule has 0 aliphatic carbocycles. The molecule has 122 valence electrons. The first-order valence-corrected chi connectivity index (χ1v) is 7.79. The predicted octanol–water partition coefficient (Wildman–Crippen LogP) is 1.93. The molecule has 0 unspecified atom stereocenters. The highest BCUT2D eigenvalue weighted by Crippen LogP contribution is 2.18. The van der Waals surface area contributed by atoms with E-state index in [1.807, 2.05) is 19.1 Å². The Balaban J connectivity index is 1.68. The first kappa shape index (κ1) is 15.8. The fourth-order valence-electron chi connectivity index (χ4n) is 2.77. The van der Waals surface area contributed by atoms with Gasteiger partial charge in [0.25, 0.3) is 5.91 Å². The van der Waals surface area contributed by atoms with Crippen molar-refractivity contribution in [2.45, 2.75) is 6.92 Å². The molecule has 1 aromatic carbocycles. The van der Waals surface area contributed by atoms with E-state index in [0.29, 0.717) is 37.4 Å². The molecule has 0 spiro atoms. The van der Waals surface area contributed by atoms with Crippen LogP contribution in [0.1, 0.15) is 21.6 Å². The Hall–Kier alpha value is -3.07. The lowest BCUT2D eigenvalue weighted by Crippen LogP contribution is -2.49. The molecule has 1 amide bonds. The van der Waals surface area contributed by atoms with Crippen molar-refractivity contribution in [1.82, 2.24) is 9.88 Å². The van der Waals surface area contributed by atoms with Gasteiger partial charge in [-0.2, -0.15) is 5.26 Å². The van der Waals surface area contributed by atoms with Crippen LogP contribution < -0.4 is 4.90 Å². The van der Waals surface area contributed by atoms with Gasteiger partial charge < -0.3 is 14.9 Å². The third-order valence-corrected chi connectivity index (χ3v) is 4.17. The van der Waals surface area contributed by atoms with E-state index in [9.17, 15) is 9.90 Å². The third-order valence-electron chi connectivity index (χ3n) is 4.17. The lowest BCUT2D eigenvalue weighted by Gasteiger charge is -2.35. The molecule has 1 aromatic heterocycles. The Bertz CT molecular complexity index is 805. The molecule has 1 saturated heterocycles. The second-order valence-electron chi connectivity index (χ2n) is 5.78. The third kappa shape index (κ3) is 3.15. The number of phenolic OH excluding ortho intramolecular Hbond substituents is 1. The van der Waals surface area contributed by atoms with E-state index >= 15 is 0 Å². The standard InChI is InChI=1S/C18H18N4O2/c1-13-5-6-17(20-16(13)12-19)21-7-9-22(10-8-21)18(24)14-3-2-4-15(23)11-14/h2-6,11,23H,7-10H2,1H3. The number of piperazine rings is 1. The Morgan fingerprint density at radius 3 is 2.62 bits per heavy atom.